The molecule has 2 aromatic carbocycles. The number of fused-ring (bicyclic) bond motifs is 1. The van der Waals surface area contributed by atoms with Gasteiger partial charge >= 0.3 is 5.97 Å². The Balaban J connectivity index is 1.48. The number of halogens is 1. The molecule has 0 unspecified atom stereocenters. The Labute approximate surface area is 212 Å². The van der Waals surface area contributed by atoms with Crippen LogP contribution < -0.4 is 10.2 Å². The number of carbonyl (C=O) groups excluding carboxylic acids is 3. The number of aryl methyl sites for hydroxylation is 1. The van der Waals surface area contributed by atoms with E-state index < -0.39 is 11.9 Å². The zero-order valence-corrected chi connectivity index (χ0v) is 21.2. The molecule has 8 nitrogen and oxygen atoms in total. The van der Waals surface area contributed by atoms with Gasteiger partial charge in [-0.25, -0.2) is 9.80 Å². The number of carbonyl (C=O) groups is 3. The number of amides is 2. The van der Waals surface area contributed by atoms with Crippen molar-refractivity contribution in [1.82, 2.24) is 15.0 Å². The Kier molecular flexibility index (Phi) is 7.57. The van der Waals surface area contributed by atoms with Gasteiger partial charge in [-0.1, -0.05) is 23.7 Å². The van der Waals surface area contributed by atoms with Crippen LogP contribution in [0, 0.1) is 6.92 Å². The Bertz CT molecular complexity index is 1270. The number of ether oxygens (including phenoxy) is 2. The van der Waals surface area contributed by atoms with Gasteiger partial charge in [-0.3, -0.25) is 15.0 Å². The lowest BCUT2D eigenvalue weighted by Gasteiger charge is -2.24. The SMILES string of the molecule is CCOC(=O)c1c(C)n(CC)c2ccc(OCC(=O)NN3C(=O)CS[C@H]3c3ccc(Cl)cc3)cc12. The van der Waals surface area contributed by atoms with E-state index in [1.807, 2.05) is 36.6 Å². The van der Waals surface area contributed by atoms with Crippen LogP contribution in [-0.2, 0) is 20.9 Å². The molecule has 0 aliphatic carbocycles. The van der Waals surface area contributed by atoms with E-state index in [1.54, 1.807) is 31.2 Å². The first-order valence-electron chi connectivity index (χ1n) is 11.2. The van der Waals surface area contributed by atoms with Crippen LogP contribution in [0.25, 0.3) is 10.9 Å². The first-order valence-corrected chi connectivity index (χ1v) is 12.7. The summed E-state index contributed by atoms with van der Waals surface area (Å²) < 4.78 is 13.0. The minimum absolute atomic E-state index is 0.194. The second kappa shape index (κ2) is 10.6. The van der Waals surface area contributed by atoms with Crippen LogP contribution in [-0.4, -0.2) is 46.3 Å². The highest BCUT2D eigenvalue weighted by Crippen LogP contribution is 2.37. The molecule has 35 heavy (non-hydrogen) atoms. The second-order valence-corrected chi connectivity index (χ2v) is 9.41. The zero-order valence-electron chi connectivity index (χ0n) is 19.7. The Morgan fingerprint density at radius 2 is 1.91 bits per heavy atom. The number of hydrazine groups is 1. The van der Waals surface area contributed by atoms with Crippen molar-refractivity contribution in [3.05, 3.63) is 64.3 Å². The van der Waals surface area contributed by atoms with Crippen molar-refractivity contribution in [3.8, 4) is 5.75 Å². The van der Waals surface area contributed by atoms with Gasteiger partial charge < -0.3 is 14.0 Å². The van der Waals surface area contributed by atoms with Crippen LogP contribution in [0.2, 0.25) is 5.02 Å². The van der Waals surface area contributed by atoms with E-state index in [4.69, 9.17) is 21.1 Å². The summed E-state index contributed by atoms with van der Waals surface area (Å²) in [6.07, 6.45) is 0. The van der Waals surface area contributed by atoms with E-state index in [0.29, 0.717) is 28.3 Å². The second-order valence-electron chi connectivity index (χ2n) is 7.91. The molecule has 1 aliphatic rings. The number of aromatic nitrogens is 1. The monoisotopic (exact) mass is 515 g/mol. The summed E-state index contributed by atoms with van der Waals surface area (Å²) >= 11 is 7.38. The van der Waals surface area contributed by atoms with Crippen LogP contribution in [0.3, 0.4) is 0 Å². The molecule has 0 saturated carbocycles. The van der Waals surface area contributed by atoms with Gasteiger partial charge in [-0.15, -0.1) is 11.8 Å². The predicted molar refractivity (Wildman–Crippen MR) is 135 cm³/mol. The number of benzene rings is 2. The summed E-state index contributed by atoms with van der Waals surface area (Å²) in [6, 6.07) is 12.5. The van der Waals surface area contributed by atoms with Crippen LogP contribution in [0.15, 0.2) is 42.5 Å². The van der Waals surface area contributed by atoms with Crippen molar-refractivity contribution in [2.75, 3.05) is 19.0 Å². The molecule has 0 spiro atoms. The maximum absolute atomic E-state index is 12.6. The molecule has 1 fully saturated rings. The molecule has 2 heterocycles. The lowest BCUT2D eigenvalue weighted by molar-refractivity contribution is -0.140. The van der Waals surface area contributed by atoms with Crippen molar-refractivity contribution >= 4 is 52.0 Å². The Morgan fingerprint density at radius 3 is 2.60 bits per heavy atom. The van der Waals surface area contributed by atoms with Gasteiger partial charge in [0.15, 0.2) is 6.61 Å². The molecule has 2 amide bonds. The third kappa shape index (κ3) is 5.11. The van der Waals surface area contributed by atoms with Gasteiger partial charge in [0.2, 0.25) is 0 Å². The first-order chi connectivity index (χ1) is 16.8. The smallest absolute Gasteiger partial charge is 0.340 e. The van der Waals surface area contributed by atoms with Crippen molar-refractivity contribution in [3.63, 3.8) is 0 Å². The van der Waals surface area contributed by atoms with Crippen LogP contribution in [0.4, 0.5) is 0 Å². The minimum Gasteiger partial charge on any atom is -0.484 e. The predicted octanol–water partition coefficient (Wildman–Crippen LogP) is 4.48. The largest absolute Gasteiger partial charge is 0.484 e. The number of hydrogen-bond donors (Lipinski definition) is 1. The van der Waals surface area contributed by atoms with E-state index in [-0.39, 0.29) is 30.2 Å². The normalized spacial score (nSPS) is 15.5. The van der Waals surface area contributed by atoms with Gasteiger partial charge in [0.1, 0.15) is 11.1 Å². The van der Waals surface area contributed by atoms with Crippen LogP contribution in [0.5, 0.6) is 5.75 Å². The molecule has 3 aromatic rings. The molecule has 1 aromatic heterocycles. The fraction of sp³-hybridized carbons (Fsp3) is 0.320. The van der Waals surface area contributed by atoms with Crippen LogP contribution >= 0.6 is 23.4 Å². The standard InChI is InChI=1S/C25H26ClN3O5S/c1-4-28-15(3)23(25(32)33-5-2)19-12-18(10-11-20(19)28)34-13-21(30)27-29-22(31)14-35-24(29)16-6-8-17(26)9-7-16/h6-12,24H,4-5,13-14H2,1-3H3,(H,27,30)/t24-/m0/s1. The molecule has 1 N–H and O–H groups in total. The van der Waals surface area contributed by atoms with Gasteiger partial charge in [-0.05, 0) is 56.7 Å². The summed E-state index contributed by atoms with van der Waals surface area (Å²) in [5.74, 6) is -0.360. The summed E-state index contributed by atoms with van der Waals surface area (Å²) in [5.41, 5.74) is 5.70. The fourth-order valence-corrected chi connectivity index (χ4v) is 5.39. The maximum atomic E-state index is 12.6. The topological polar surface area (TPSA) is 89.9 Å². The molecule has 0 bridgehead atoms. The number of esters is 1. The summed E-state index contributed by atoms with van der Waals surface area (Å²) in [7, 11) is 0. The molecule has 0 radical (unpaired) electrons. The first kappa shape index (κ1) is 24.9. The highest BCUT2D eigenvalue weighted by atomic mass is 35.5. The van der Waals surface area contributed by atoms with Crippen molar-refractivity contribution in [1.29, 1.82) is 0 Å². The number of nitrogens with zero attached hydrogens (tertiary/aromatic N) is 2. The number of thioether (sulfide) groups is 1. The molecule has 1 saturated heterocycles. The average molecular weight is 516 g/mol. The summed E-state index contributed by atoms with van der Waals surface area (Å²) in [6.45, 7) is 6.33. The van der Waals surface area contributed by atoms with Gasteiger partial charge in [-0.2, -0.15) is 0 Å². The Hall–Kier alpha value is -3.17. The lowest BCUT2D eigenvalue weighted by Crippen LogP contribution is -2.46. The highest BCUT2D eigenvalue weighted by molar-refractivity contribution is 8.00. The van der Waals surface area contributed by atoms with E-state index in [0.717, 1.165) is 16.8 Å². The van der Waals surface area contributed by atoms with E-state index in [9.17, 15) is 14.4 Å². The third-order valence-electron chi connectivity index (χ3n) is 5.73. The molecule has 4 rings (SSSR count). The maximum Gasteiger partial charge on any atom is 0.340 e. The molecule has 10 heteroatoms. The van der Waals surface area contributed by atoms with Gasteiger partial charge in [0.25, 0.3) is 11.8 Å². The van der Waals surface area contributed by atoms with E-state index in [1.165, 1.54) is 16.8 Å². The highest BCUT2D eigenvalue weighted by Gasteiger charge is 2.34. The minimum atomic E-state index is -0.465. The Morgan fingerprint density at radius 1 is 1.17 bits per heavy atom. The number of rotatable bonds is 8. The fourth-order valence-electron chi connectivity index (χ4n) is 4.15. The summed E-state index contributed by atoms with van der Waals surface area (Å²) in [5, 5.41) is 2.28. The lowest BCUT2D eigenvalue weighted by atomic mass is 10.1. The molecular formula is C25H26ClN3O5S. The average Bonchev–Trinajstić information content (AvgIpc) is 3.34. The van der Waals surface area contributed by atoms with E-state index >= 15 is 0 Å². The van der Waals surface area contributed by atoms with E-state index in [2.05, 4.69) is 5.43 Å². The van der Waals surface area contributed by atoms with Crippen molar-refractivity contribution in [2.24, 2.45) is 0 Å². The van der Waals surface area contributed by atoms with Gasteiger partial charge in [0, 0.05) is 28.2 Å². The number of nitrogens with one attached hydrogen (secondary N) is 1. The molecule has 1 atom stereocenters. The van der Waals surface area contributed by atoms with Gasteiger partial charge in [0.05, 0.1) is 17.9 Å². The molecular weight excluding hydrogens is 490 g/mol. The number of hydrogen-bond acceptors (Lipinski definition) is 6. The third-order valence-corrected chi connectivity index (χ3v) is 7.19. The van der Waals surface area contributed by atoms with Crippen LogP contribution in [0.1, 0.15) is 40.8 Å². The zero-order chi connectivity index (χ0) is 25.1. The summed E-state index contributed by atoms with van der Waals surface area (Å²) in [4.78, 5) is 37.6. The van der Waals surface area contributed by atoms with Crippen molar-refractivity contribution in [2.45, 2.75) is 32.7 Å². The molecule has 184 valence electrons. The quantitative estimate of drug-likeness (QED) is 0.445. The van der Waals surface area contributed by atoms with Crippen molar-refractivity contribution < 1.29 is 23.9 Å². The molecule has 1 aliphatic heterocycles.